The van der Waals surface area contributed by atoms with Crippen LogP contribution in [-0.2, 0) is 17.8 Å². The van der Waals surface area contributed by atoms with Crippen molar-refractivity contribution in [3.05, 3.63) is 65.2 Å². The number of rotatable bonds is 5. The quantitative estimate of drug-likeness (QED) is 0.836. The maximum Gasteiger partial charge on any atom is 0.254 e. The summed E-state index contributed by atoms with van der Waals surface area (Å²) in [7, 11) is 0. The highest BCUT2D eigenvalue weighted by Crippen LogP contribution is 2.29. The third-order valence-corrected chi connectivity index (χ3v) is 4.73. The molecule has 0 aromatic heterocycles. The van der Waals surface area contributed by atoms with E-state index in [-0.39, 0.29) is 11.8 Å². The highest BCUT2D eigenvalue weighted by atomic mass is 16.2. The average Bonchev–Trinajstić information content (AvgIpc) is 2.66. The molecule has 4 heteroatoms. The number of carbonyl (C=O) groups is 2. The van der Waals surface area contributed by atoms with Gasteiger partial charge in [0.25, 0.3) is 5.91 Å². The standard InChI is InChI=1S/C21H24N2O2/c1-3-22(15-16-8-6-5-7-9-16)21(25)18-10-12-19-17(14-18)11-13-20(24)23(19)4-2/h5-10,12,14H,3-4,11,13,15H2,1-2H3. The van der Waals surface area contributed by atoms with Crippen LogP contribution in [0.3, 0.4) is 0 Å². The third-order valence-electron chi connectivity index (χ3n) is 4.73. The van der Waals surface area contributed by atoms with Gasteiger partial charge in [-0.2, -0.15) is 0 Å². The first-order valence-electron chi connectivity index (χ1n) is 8.90. The third kappa shape index (κ3) is 3.58. The Morgan fingerprint density at radius 3 is 2.52 bits per heavy atom. The molecule has 25 heavy (non-hydrogen) atoms. The van der Waals surface area contributed by atoms with Gasteiger partial charge in [-0.15, -0.1) is 0 Å². The Labute approximate surface area is 149 Å². The van der Waals surface area contributed by atoms with Crippen molar-refractivity contribution in [2.75, 3.05) is 18.0 Å². The van der Waals surface area contributed by atoms with E-state index in [4.69, 9.17) is 0 Å². The Morgan fingerprint density at radius 2 is 1.84 bits per heavy atom. The fourth-order valence-corrected chi connectivity index (χ4v) is 3.35. The van der Waals surface area contributed by atoms with E-state index in [0.717, 1.165) is 16.8 Å². The van der Waals surface area contributed by atoms with Crippen molar-refractivity contribution < 1.29 is 9.59 Å². The Balaban J connectivity index is 1.83. The number of hydrogen-bond donors (Lipinski definition) is 0. The average molecular weight is 336 g/mol. The number of anilines is 1. The normalized spacial score (nSPS) is 13.5. The highest BCUT2D eigenvalue weighted by Gasteiger charge is 2.24. The van der Waals surface area contributed by atoms with E-state index in [1.54, 1.807) is 4.90 Å². The van der Waals surface area contributed by atoms with Gasteiger partial charge in [0, 0.05) is 37.3 Å². The molecule has 2 aromatic carbocycles. The van der Waals surface area contributed by atoms with E-state index in [0.29, 0.717) is 38.0 Å². The van der Waals surface area contributed by atoms with Crippen LogP contribution in [0, 0.1) is 0 Å². The number of aryl methyl sites for hydroxylation is 1. The van der Waals surface area contributed by atoms with Gasteiger partial charge in [-0.25, -0.2) is 0 Å². The molecule has 1 aliphatic rings. The maximum absolute atomic E-state index is 12.9. The molecule has 0 atom stereocenters. The SMILES string of the molecule is CCN(Cc1ccccc1)C(=O)c1ccc2c(c1)CCC(=O)N2CC. The van der Waals surface area contributed by atoms with E-state index < -0.39 is 0 Å². The van der Waals surface area contributed by atoms with Gasteiger partial charge in [0.05, 0.1) is 0 Å². The zero-order chi connectivity index (χ0) is 17.8. The Hall–Kier alpha value is -2.62. The van der Waals surface area contributed by atoms with Crippen molar-refractivity contribution in [2.24, 2.45) is 0 Å². The number of hydrogen-bond acceptors (Lipinski definition) is 2. The summed E-state index contributed by atoms with van der Waals surface area (Å²) in [5.41, 5.74) is 3.85. The second-order valence-electron chi connectivity index (χ2n) is 6.29. The molecule has 0 unspecified atom stereocenters. The summed E-state index contributed by atoms with van der Waals surface area (Å²) in [4.78, 5) is 28.6. The summed E-state index contributed by atoms with van der Waals surface area (Å²) in [6.45, 7) is 5.90. The zero-order valence-electron chi connectivity index (χ0n) is 14.9. The molecule has 0 aliphatic carbocycles. The van der Waals surface area contributed by atoms with Crippen molar-refractivity contribution >= 4 is 17.5 Å². The molecule has 130 valence electrons. The van der Waals surface area contributed by atoms with Crippen molar-refractivity contribution in [1.29, 1.82) is 0 Å². The van der Waals surface area contributed by atoms with Crippen molar-refractivity contribution in [2.45, 2.75) is 33.2 Å². The number of carbonyl (C=O) groups excluding carboxylic acids is 2. The van der Waals surface area contributed by atoms with Gasteiger partial charge >= 0.3 is 0 Å². The molecule has 0 saturated heterocycles. The summed E-state index contributed by atoms with van der Waals surface area (Å²) in [6.07, 6.45) is 1.22. The topological polar surface area (TPSA) is 40.6 Å². The van der Waals surface area contributed by atoms with Gasteiger partial charge in [-0.05, 0) is 49.6 Å². The van der Waals surface area contributed by atoms with Crippen LogP contribution in [0.4, 0.5) is 5.69 Å². The highest BCUT2D eigenvalue weighted by molar-refractivity contribution is 5.99. The Morgan fingerprint density at radius 1 is 1.08 bits per heavy atom. The van der Waals surface area contributed by atoms with Crippen LogP contribution in [0.25, 0.3) is 0 Å². The molecule has 1 heterocycles. The molecular formula is C21H24N2O2. The van der Waals surface area contributed by atoms with Crippen LogP contribution in [0.2, 0.25) is 0 Å². The van der Waals surface area contributed by atoms with Crippen LogP contribution in [0.15, 0.2) is 48.5 Å². The van der Waals surface area contributed by atoms with Crippen molar-refractivity contribution in [3.63, 3.8) is 0 Å². The molecule has 2 amide bonds. The number of fused-ring (bicyclic) bond motifs is 1. The second kappa shape index (κ2) is 7.51. The molecule has 2 aromatic rings. The van der Waals surface area contributed by atoms with E-state index in [1.165, 1.54) is 0 Å². The van der Waals surface area contributed by atoms with Gasteiger partial charge in [0.2, 0.25) is 5.91 Å². The summed E-state index contributed by atoms with van der Waals surface area (Å²) in [6, 6.07) is 15.7. The lowest BCUT2D eigenvalue weighted by molar-refractivity contribution is -0.118. The largest absolute Gasteiger partial charge is 0.335 e. The molecule has 0 spiro atoms. The molecule has 0 saturated carbocycles. The van der Waals surface area contributed by atoms with Gasteiger partial charge in [-0.1, -0.05) is 30.3 Å². The van der Waals surface area contributed by atoms with Crippen LogP contribution in [-0.4, -0.2) is 29.8 Å². The second-order valence-corrected chi connectivity index (χ2v) is 6.29. The van der Waals surface area contributed by atoms with Crippen LogP contribution < -0.4 is 4.90 Å². The lowest BCUT2D eigenvalue weighted by Crippen LogP contribution is -2.35. The van der Waals surface area contributed by atoms with Gasteiger partial charge < -0.3 is 9.80 Å². The molecule has 1 aliphatic heterocycles. The first kappa shape index (κ1) is 17.2. The van der Waals surface area contributed by atoms with Crippen molar-refractivity contribution in [1.82, 2.24) is 4.90 Å². The van der Waals surface area contributed by atoms with E-state index in [2.05, 4.69) is 0 Å². The molecule has 0 radical (unpaired) electrons. The minimum Gasteiger partial charge on any atom is -0.335 e. The monoisotopic (exact) mass is 336 g/mol. The minimum atomic E-state index is 0.0362. The molecule has 0 fully saturated rings. The predicted molar refractivity (Wildman–Crippen MR) is 99.6 cm³/mol. The molecular weight excluding hydrogens is 312 g/mol. The maximum atomic E-state index is 12.9. The molecule has 0 N–H and O–H groups in total. The molecule has 4 nitrogen and oxygen atoms in total. The number of amides is 2. The van der Waals surface area contributed by atoms with Gasteiger partial charge in [0.15, 0.2) is 0 Å². The van der Waals surface area contributed by atoms with Crippen LogP contribution in [0.1, 0.15) is 41.8 Å². The first-order chi connectivity index (χ1) is 12.1. The fraction of sp³-hybridized carbons (Fsp3) is 0.333. The lowest BCUT2D eigenvalue weighted by atomic mass is 9.98. The number of nitrogens with zero attached hydrogens (tertiary/aromatic N) is 2. The molecule has 3 rings (SSSR count). The Kier molecular flexibility index (Phi) is 5.17. The summed E-state index contributed by atoms with van der Waals surface area (Å²) >= 11 is 0. The smallest absolute Gasteiger partial charge is 0.254 e. The summed E-state index contributed by atoms with van der Waals surface area (Å²) in [5, 5.41) is 0. The molecule has 0 bridgehead atoms. The van der Waals surface area contributed by atoms with Crippen LogP contribution in [0.5, 0.6) is 0 Å². The minimum absolute atomic E-state index is 0.0362. The lowest BCUT2D eigenvalue weighted by Gasteiger charge is -2.29. The van der Waals surface area contributed by atoms with Gasteiger partial charge in [0.1, 0.15) is 0 Å². The summed E-state index contributed by atoms with van der Waals surface area (Å²) in [5.74, 6) is 0.197. The first-order valence-corrected chi connectivity index (χ1v) is 8.90. The van der Waals surface area contributed by atoms with E-state index >= 15 is 0 Å². The summed E-state index contributed by atoms with van der Waals surface area (Å²) < 4.78 is 0. The van der Waals surface area contributed by atoms with Gasteiger partial charge in [-0.3, -0.25) is 9.59 Å². The van der Waals surface area contributed by atoms with Crippen molar-refractivity contribution in [3.8, 4) is 0 Å². The van der Waals surface area contributed by atoms with Crippen LogP contribution >= 0.6 is 0 Å². The predicted octanol–water partition coefficient (Wildman–Crippen LogP) is 3.65. The van der Waals surface area contributed by atoms with E-state index in [1.807, 2.05) is 67.3 Å². The van der Waals surface area contributed by atoms with E-state index in [9.17, 15) is 9.59 Å². The Bertz CT molecular complexity index is 771. The fourth-order valence-electron chi connectivity index (χ4n) is 3.35. The zero-order valence-corrected chi connectivity index (χ0v) is 14.9. The number of benzene rings is 2.